The Balaban J connectivity index is 1.84. The fourth-order valence-corrected chi connectivity index (χ4v) is 4.58. The van der Waals surface area contributed by atoms with Crippen LogP contribution in [0.25, 0.3) is 0 Å². The smallest absolute Gasteiger partial charge is 0.263 e. The summed E-state index contributed by atoms with van der Waals surface area (Å²) < 4.78 is 1.33. The van der Waals surface area contributed by atoms with Crippen LogP contribution in [0.1, 0.15) is 50.7 Å². The number of carbonyl (C=O) groups excluding carboxylic acids is 2. The number of hydrogen-bond acceptors (Lipinski definition) is 2. The molecule has 0 saturated heterocycles. The van der Waals surface area contributed by atoms with Crippen molar-refractivity contribution in [2.45, 2.75) is 25.3 Å². The van der Waals surface area contributed by atoms with Crippen molar-refractivity contribution in [2.24, 2.45) is 0 Å². The van der Waals surface area contributed by atoms with E-state index in [1.807, 2.05) is 18.2 Å². The molecular formula is C18H13Br2NO2. The van der Waals surface area contributed by atoms with E-state index in [0.717, 1.165) is 24.8 Å². The second kappa shape index (κ2) is 5.56. The number of rotatable bonds is 1. The predicted molar refractivity (Wildman–Crippen MR) is 94.5 cm³/mol. The highest BCUT2D eigenvalue weighted by Crippen LogP contribution is 2.42. The largest absolute Gasteiger partial charge is 0.268 e. The Kier molecular flexibility index (Phi) is 3.65. The highest BCUT2D eigenvalue weighted by atomic mass is 79.9. The lowest BCUT2D eigenvalue weighted by Gasteiger charge is -2.31. The maximum absolute atomic E-state index is 12.9. The van der Waals surface area contributed by atoms with Gasteiger partial charge in [-0.25, -0.2) is 0 Å². The van der Waals surface area contributed by atoms with Crippen LogP contribution in [0, 0.1) is 0 Å². The SMILES string of the molecule is O=C1c2c(Br)ccc(Br)c2C(=O)N1[C@H]1CCCc2ccccc21. The lowest BCUT2D eigenvalue weighted by atomic mass is 9.87. The van der Waals surface area contributed by atoms with E-state index in [9.17, 15) is 9.59 Å². The van der Waals surface area contributed by atoms with Gasteiger partial charge < -0.3 is 0 Å². The van der Waals surface area contributed by atoms with Gasteiger partial charge in [0.2, 0.25) is 0 Å². The standard InChI is InChI=1S/C18H13Br2NO2/c19-12-8-9-13(20)16-15(12)17(22)21(18(16)23)14-7-3-5-10-4-1-2-6-11(10)14/h1-2,4,6,8-9,14H,3,5,7H2/t14-/m0/s1. The van der Waals surface area contributed by atoms with Gasteiger partial charge in [0.1, 0.15) is 0 Å². The van der Waals surface area contributed by atoms with Crippen LogP contribution >= 0.6 is 31.9 Å². The Bertz CT molecular complexity index is 806. The molecule has 2 aromatic rings. The van der Waals surface area contributed by atoms with Crippen LogP contribution < -0.4 is 0 Å². The normalized spacial score (nSPS) is 19.7. The summed E-state index contributed by atoms with van der Waals surface area (Å²) in [5.41, 5.74) is 3.26. The van der Waals surface area contributed by atoms with Crippen molar-refractivity contribution in [3.63, 3.8) is 0 Å². The number of nitrogens with zero attached hydrogens (tertiary/aromatic N) is 1. The number of carbonyl (C=O) groups is 2. The molecule has 2 aliphatic rings. The van der Waals surface area contributed by atoms with Gasteiger partial charge in [-0.05, 0) is 74.4 Å². The summed E-state index contributed by atoms with van der Waals surface area (Å²) in [6.07, 6.45) is 2.80. The Hall–Kier alpha value is -1.46. The third-order valence-electron chi connectivity index (χ3n) is 4.62. The molecule has 0 aromatic heterocycles. The van der Waals surface area contributed by atoms with Crippen LogP contribution in [0.3, 0.4) is 0 Å². The van der Waals surface area contributed by atoms with Crippen molar-refractivity contribution in [1.29, 1.82) is 0 Å². The van der Waals surface area contributed by atoms with Crippen LogP contribution in [-0.4, -0.2) is 16.7 Å². The summed E-state index contributed by atoms with van der Waals surface area (Å²) >= 11 is 6.82. The van der Waals surface area contributed by atoms with E-state index in [4.69, 9.17) is 0 Å². The number of fused-ring (bicyclic) bond motifs is 2. The highest BCUT2D eigenvalue weighted by molar-refractivity contribution is 9.11. The third kappa shape index (κ3) is 2.21. The molecule has 4 rings (SSSR count). The molecule has 0 N–H and O–H groups in total. The minimum Gasteiger partial charge on any atom is -0.268 e. The van der Waals surface area contributed by atoms with Crippen molar-refractivity contribution in [1.82, 2.24) is 4.90 Å². The quantitative estimate of drug-likeness (QED) is 0.599. The molecule has 3 nitrogen and oxygen atoms in total. The minimum atomic E-state index is -0.208. The average molecular weight is 435 g/mol. The number of halogens is 2. The molecule has 23 heavy (non-hydrogen) atoms. The molecule has 5 heteroatoms. The second-order valence-corrected chi connectivity index (χ2v) is 7.58. The maximum Gasteiger partial charge on any atom is 0.263 e. The first-order valence-electron chi connectivity index (χ1n) is 7.53. The first-order valence-corrected chi connectivity index (χ1v) is 9.12. The lowest BCUT2D eigenvalue weighted by molar-refractivity contribution is 0.0566. The third-order valence-corrected chi connectivity index (χ3v) is 5.94. The topological polar surface area (TPSA) is 37.4 Å². The fraction of sp³-hybridized carbons (Fsp3) is 0.222. The number of benzene rings is 2. The monoisotopic (exact) mass is 433 g/mol. The molecule has 0 radical (unpaired) electrons. The maximum atomic E-state index is 12.9. The van der Waals surface area contributed by atoms with Crippen molar-refractivity contribution < 1.29 is 9.59 Å². The zero-order chi connectivity index (χ0) is 16.1. The van der Waals surface area contributed by atoms with Gasteiger partial charge >= 0.3 is 0 Å². The highest BCUT2D eigenvalue weighted by Gasteiger charge is 2.43. The van der Waals surface area contributed by atoms with Gasteiger partial charge in [-0.2, -0.15) is 0 Å². The molecule has 1 aliphatic heterocycles. The van der Waals surface area contributed by atoms with Crippen LogP contribution in [0.4, 0.5) is 0 Å². The van der Waals surface area contributed by atoms with Gasteiger partial charge in [0.25, 0.3) is 11.8 Å². The molecule has 2 amide bonds. The number of amides is 2. The summed E-state index contributed by atoms with van der Waals surface area (Å²) in [6, 6.07) is 11.5. The van der Waals surface area contributed by atoms with Crippen LogP contribution in [0.15, 0.2) is 45.3 Å². The van der Waals surface area contributed by atoms with E-state index < -0.39 is 0 Å². The average Bonchev–Trinajstić information content (AvgIpc) is 2.83. The molecule has 0 saturated carbocycles. The summed E-state index contributed by atoms with van der Waals surface area (Å²) in [5, 5.41) is 0. The molecule has 0 fully saturated rings. The molecule has 0 spiro atoms. The Morgan fingerprint density at radius 1 is 0.913 bits per heavy atom. The zero-order valence-electron chi connectivity index (χ0n) is 12.2. The molecule has 0 bridgehead atoms. The number of aryl methyl sites for hydroxylation is 1. The molecule has 1 aliphatic carbocycles. The van der Waals surface area contributed by atoms with Crippen molar-refractivity contribution in [2.75, 3.05) is 0 Å². The lowest BCUT2D eigenvalue weighted by Crippen LogP contribution is -2.36. The fourth-order valence-electron chi connectivity index (χ4n) is 3.58. The Labute approximate surface area is 150 Å². The molecule has 1 atom stereocenters. The van der Waals surface area contributed by atoms with Crippen molar-refractivity contribution in [3.8, 4) is 0 Å². The van der Waals surface area contributed by atoms with Crippen LogP contribution in [-0.2, 0) is 6.42 Å². The van der Waals surface area contributed by atoms with Crippen molar-refractivity contribution >= 4 is 43.7 Å². The van der Waals surface area contributed by atoms with Crippen LogP contribution in [0.5, 0.6) is 0 Å². The minimum absolute atomic E-state index is 0.175. The number of imide groups is 1. The van der Waals surface area contributed by atoms with Gasteiger partial charge in [-0.3, -0.25) is 14.5 Å². The van der Waals surface area contributed by atoms with Gasteiger partial charge in [-0.1, -0.05) is 24.3 Å². The Morgan fingerprint density at radius 3 is 2.17 bits per heavy atom. The van der Waals surface area contributed by atoms with E-state index in [1.54, 1.807) is 12.1 Å². The second-order valence-electron chi connectivity index (χ2n) is 5.87. The molecule has 1 heterocycles. The van der Waals surface area contributed by atoms with Crippen LogP contribution in [0.2, 0.25) is 0 Å². The summed E-state index contributed by atoms with van der Waals surface area (Å²) in [7, 11) is 0. The van der Waals surface area contributed by atoms with E-state index in [-0.39, 0.29) is 17.9 Å². The summed E-state index contributed by atoms with van der Waals surface area (Å²) in [5.74, 6) is -0.417. The number of hydrogen-bond donors (Lipinski definition) is 0. The summed E-state index contributed by atoms with van der Waals surface area (Å²) in [4.78, 5) is 27.3. The van der Waals surface area contributed by atoms with Crippen molar-refractivity contribution in [3.05, 3.63) is 67.6 Å². The predicted octanol–water partition coefficient (Wildman–Crippen LogP) is 4.89. The zero-order valence-corrected chi connectivity index (χ0v) is 15.4. The molecular weight excluding hydrogens is 422 g/mol. The van der Waals surface area contributed by atoms with Gasteiger partial charge in [0, 0.05) is 8.95 Å². The van der Waals surface area contributed by atoms with Gasteiger partial charge in [0.05, 0.1) is 17.2 Å². The molecule has 0 unspecified atom stereocenters. The van der Waals surface area contributed by atoms with E-state index in [2.05, 4.69) is 37.9 Å². The first kappa shape index (κ1) is 15.1. The van der Waals surface area contributed by atoms with E-state index in [0.29, 0.717) is 20.1 Å². The Morgan fingerprint density at radius 2 is 1.52 bits per heavy atom. The first-order chi connectivity index (χ1) is 11.1. The van der Waals surface area contributed by atoms with E-state index in [1.165, 1.54) is 10.5 Å². The van der Waals surface area contributed by atoms with Gasteiger partial charge in [-0.15, -0.1) is 0 Å². The molecule has 116 valence electrons. The van der Waals surface area contributed by atoms with Gasteiger partial charge in [0.15, 0.2) is 0 Å². The molecule has 2 aromatic carbocycles. The van der Waals surface area contributed by atoms with E-state index >= 15 is 0 Å². The summed E-state index contributed by atoms with van der Waals surface area (Å²) in [6.45, 7) is 0.